The Balaban J connectivity index is 2.52. The Kier molecular flexibility index (Phi) is 4.76. The maximum atomic E-state index is 11.6. The number of amides is 1. The van der Waals surface area contributed by atoms with Gasteiger partial charge in [-0.25, -0.2) is 0 Å². The summed E-state index contributed by atoms with van der Waals surface area (Å²) < 4.78 is 1.51. The number of hydrogen-bond acceptors (Lipinski definition) is 2. The van der Waals surface area contributed by atoms with Gasteiger partial charge in [0.1, 0.15) is 0 Å². The number of carbonyl (C=O) groups excluding carboxylic acids is 1. The molecular formula is C12H18N2O2. The summed E-state index contributed by atoms with van der Waals surface area (Å²) in [7, 11) is 1.70. The van der Waals surface area contributed by atoms with Gasteiger partial charge in [-0.15, -0.1) is 0 Å². The molecule has 4 heteroatoms. The normalized spacial score (nSPS) is 10.1. The van der Waals surface area contributed by atoms with Crippen molar-refractivity contribution in [3.8, 4) is 0 Å². The summed E-state index contributed by atoms with van der Waals surface area (Å²) >= 11 is 0. The number of hydrogen-bond donors (Lipinski definition) is 1. The minimum Gasteiger partial charge on any atom is -0.352 e. The van der Waals surface area contributed by atoms with E-state index in [4.69, 9.17) is 0 Å². The Hall–Kier alpha value is -1.58. The third kappa shape index (κ3) is 3.53. The highest BCUT2D eigenvalue weighted by Gasteiger charge is 2.03. The van der Waals surface area contributed by atoms with Crippen molar-refractivity contribution >= 4 is 5.91 Å². The lowest BCUT2D eigenvalue weighted by atomic mass is 10.2. The molecule has 0 unspecified atom stereocenters. The van der Waals surface area contributed by atoms with Gasteiger partial charge in [-0.3, -0.25) is 9.59 Å². The standard InChI is InChI=1S/C12H18N2O2/c1-3-4-7-11(15)13-9-10-6-5-8-14(2)12(10)16/h5-6,8H,3-4,7,9H2,1-2H3,(H,13,15). The third-order valence-electron chi connectivity index (χ3n) is 2.44. The maximum Gasteiger partial charge on any atom is 0.255 e. The van der Waals surface area contributed by atoms with Crippen LogP contribution < -0.4 is 10.9 Å². The molecule has 88 valence electrons. The molecule has 0 bridgehead atoms. The minimum atomic E-state index is -0.0571. The largest absolute Gasteiger partial charge is 0.352 e. The van der Waals surface area contributed by atoms with Gasteiger partial charge in [0.15, 0.2) is 0 Å². The van der Waals surface area contributed by atoms with Crippen LogP contribution in [0.5, 0.6) is 0 Å². The molecule has 1 N–H and O–H groups in total. The average Bonchev–Trinajstić information content (AvgIpc) is 2.28. The zero-order valence-corrected chi connectivity index (χ0v) is 9.82. The number of aryl methyl sites for hydroxylation is 1. The van der Waals surface area contributed by atoms with Crippen molar-refractivity contribution in [2.75, 3.05) is 0 Å². The predicted octanol–water partition coefficient (Wildman–Crippen LogP) is 1.19. The summed E-state index contributed by atoms with van der Waals surface area (Å²) in [6.07, 6.45) is 4.12. The molecule has 16 heavy (non-hydrogen) atoms. The maximum absolute atomic E-state index is 11.6. The predicted molar refractivity (Wildman–Crippen MR) is 63.1 cm³/mol. The lowest BCUT2D eigenvalue weighted by molar-refractivity contribution is -0.121. The van der Waals surface area contributed by atoms with Crippen LogP contribution in [0.15, 0.2) is 23.1 Å². The van der Waals surface area contributed by atoms with Gasteiger partial charge < -0.3 is 9.88 Å². The van der Waals surface area contributed by atoms with Gasteiger partial charge in [0, 0.05) is 31.8 Å². The second-order valence-corrected chi connectivity index (χ2v) is 3.83. The Bertz CT molecular complexity index is 410. The molecule has 0 spiro atoms. The molecule has 1 aromatic rings. The molecule has 4 nitrogen and oxygen atoms in total. The lowest BCUT2D eigenvalue weighted by Crippen LogP contribution is -2.28. The Morgan fingerprint density at radius 1 is 1.50 bits per heavy atom. The van der Waals surface area contributed by atoms with E-state index >= 15 is 0 Å². The SMILES string of the molecule is CCCCC(=O)NCc1cccn(C)c1=O. The highest BCUT2D eigenvalue weighted by atomic mass is 16.1. The number of rotatable bonds is 5. The first-order chi connectivity index (χ1) is 7.65. The number of nitrogens with one attached hydrogen (secondary N) is 1. The topological polar surface area (TPSA) is 51.1 Å². The molecule has 0 aromatic carbocycles. The second-order valence-electron chi connectivity index (χ2n) is 3.83. The van der Waals surface area contributed by atoms with Crippen LogP contribution in [-0.2, 0) is 18.4 Å². The van der Waals surface area contributed by atoms with Gasteiger partial charge in [0.25, 0.3) is 5.56 Å². The molecule has 1 aromatic heterocycles. The van der Waals surface area contributed by atoms with Crippen molar-refractivity contribution < 1.29 is 4.79 Å². The summed E-state index contributed by atoms with van der Waals surface area (Å²) in [5.41, 5.74) is 0.563. The summed E-state index contributed by atoms with van der Waals surface area (Å²) in [6, 6.07) is 3.54. The molecule has 0 radical (unpaired) electrons. The van der Waals surface area contributed by atoms with Crippen LogP contribution in [0.3, 0.4) is 0 Å². The van der Waals surface area contributed by atoms with Crippen LogP contribution in [0.25, 0.3) is 0 Å². The molecule has 0 aliphatic carbocycles. The number of aromatic nitrogens is 1. The van der Waals surface area contributed by atoms with E-state index in [1.165, 1.54) is 4.57 Å². The molecule has 0 atom stereocenters. The van der Waals surface area contributed by atoms with Gasteiger partial charge in [-0.05, 0) is 12.5 Å². The van der Waals surface area contributed by atoms with Crippen molar-refractivity contribution in [3.63, 3.8) is 0 Å². The smallest absolute Gasteiger partial charge is 0.255 e. The Morgan fingerprint density at radius 2 is 2.25 bits per heavy atom. The van der Waals surface area contributed by atoms with Gasteiger partial charge in [-0.1, -0.05) is 19.4 Å². The molecule has 1 heterocycles. The van der Waals surface area contributed by atoms with E-state index in [2.05, 4.69) is 5.32 Å². The highest BCUT2D eigenvalue weighted by Crippen LogP contribution is 1.95. The van der Waals surface area contributed by atoms with E-state index in [9.17, 15) is 9.59 Å². The number of unbranched alkanes of at least 4 members (excludes halogenated alkanes) is 1. The van der Waals surface area contributed by atoms with E-state index < -0.39 is 0 Å². The first kappa shape index (κ1) is 12.5. The van der Waals surface area contributed by atoms with Crippen molar-refractivity contribution in [1.82, 2.24) is 9.88 Å². The zero-order chi connectivity index (χ0) is 12.0. The van der Waals surface area contributed by atoms with Crippen LogP contribution in [0.2, 0.25) is 0 Å². The van der Waals surface area contributed by atoms with Gasteiger partial charge >= 0.3 is 0 Å². The highest BCUT2D eigenvalue weighted by molar-refractivity contribution is 5.75. The van der Waals surface area contributed by atoms with E-state index in [1.54, 1.807) is 25.4 Å². The summed E-state index contributed by atoms with van der Waals surface area (Å²) in [5, 5.41) is 2.75. The molecule has 0 aliphatic heterocycles. The van der Waals surface area contributed by atoms with Crippen molar-refractivity contribution in [2.24, 2.45) is 7.05 Å². The lowest BCUT2D eigenvalue weighted by Gasteiger charge is -2.05. The summed E-state index contributed by atoms with van der Waals surface area (Å²) in [5.74, 6) is 0.00718. The average molecular weight is 222 g/mol. The molecular weight excluding hydrogens is 204 g/mol. The van der Waals surface area contributed by atoms with Crippen molar-refractivity contribution in [3.05, 3.63) is 34.2 Å². The first-order valence-corrected chi connectivity index (χ1v) is 5.56. The fourth-order valence-corrected chi connectivity index (χ4v) is 1.41. The van der Waals surface area contributed by atoms with E-state index in [0.29, 0.717) is 18.5 Å². The first-order valence-electron chi connectivity index (χ1n) is 5.56. The van der Waals surface area contributed by atoms with Crippen molar-refractivity contribution in [1.29, 1.82) is 0 Å². The Morgan fingerprint density at radius 3 is 2.94 bits per heavy atom. The molecule has 1 amide bonds. The number of nitrogens with zero attached hydrogens (tertiary/aromatic N) is 1. The molecule has 0 aliphatic rings. The van der Waals surface area contributed by atoms with Crippen LogP contribution in [0.1, 0.15) is 31.7 Å². The molecule has 0 fully saturated rings. The number of pyridine rings is 1. The summed E-state index contributed by atoms with van der Waals surface area (Å²) in [4.78, 5) is 23.0. The third-order valence-corrected chi connectivity index (χ3v) is 2.44. The van der Waals surface area contributed by atoms with Crippen LogP contribution in [0, 0.1) is 0 Å². The fourth-order valence-electron chi connectivity index (χ4n) is 1.41. The van der Waals surface area contributed by atoms with Crippen LogP contribution >= 0.6 is 0 Å². The number of carbonyl (C=O) groups is 1. The molecule has 1 rings (SSSR count). The zero-order valence-electron chi connectivity index (χ0n) is 9.82. The van der Waals surface area contributed by atoms with Crippen LogP contribution in [-0.4, -0.2) is 10.5 Å². The van der Waals surface area contributed by atoms with Gasteiger partial charge in [-0.2, -0.15) is 0 Å². The van der Waals surface area contributed by atoms with Crippen LogP contribution in [0.4, 0.5) is 0 Å². The van der Waals surface area contributed by atoms with E-state index in [0.717, 1.165) is 12.8 Å². The molecule has 0 saturated heterocycles. The fraction of sp³-hybridized carbons (Fsp3) is 0.500. The minimum absolute atomic E-state index is 0.00718. The quantitative estimate of drug-likeness (QED) is 0.813. The second kappa shape index (κ2) is 6.10. The summed E-state index contributed by atoms with van der Waals surface area (Å²) in [6.45, 7) is 2.36. The van der Waals surface area contributed by atoms with Crippen molar-refractivity contribution in [2.45, 2.75) is 32.7 Å². The van der Waals surface area contributed by atoms with Gasteiger partial charge in [0.2, 0.25) is 5.91 Å². The van der Waals surface area contributed by atoms with E-state index in [-0.39, 0.29) is 11.5 Å². The molecule has 0 saturated carbocycles. The Labute approximate surface area is 95.3 Å². The van der Waals surface area contributed by atoms with E-state index in [1.807, 2.05) is 6.92 Å². The van der Waals surface area contributed by atoms with Gasteiger partial charge in [0.05, 0.1) is 0 Å². The monoisotopic (exact) mass is 222 g/mol.